The second kappa shape index (κ2) is 11.6. The highest BCUT2D eigenvalue weighted by molar-refractivity contribution is 6.05. The third kappa shape index (κ3) is 4.72. The van der Waals surface area contributed by atoms with Crippen LogP contribution in [0.25, 0.3) is 0 Å². The second-order valence-electron chi connectivity index (χ2n) is 11.1. The van der Waals surface area contributed by atoms with Crippen LogP contribution < -0.4 is 4.90 Å². The first-order valence-electron chi connectivity index (χ1n) is 14.2. The molecule has 2 bridgehead atoms. The summed E-state index contributed by atoms with van der Waals surface area (Å²) in [4.78, 5) is 47.8. The van der Waals surface area contributed by atoms with Gasteiger partial charge in [-0.05, 0) is 56.7 Å². The fourth-order valence-corrected chi connectivity index (χ4v) is 6.98. The zero-order valence-corrected chi connectivity index (χ0v) is 23.8. The number of nitrogens with zero attached hydrogens (tertiary/aromatic N) is 3. The molecule has 2 unspecified atom stereocenters. The van der Waals surface area contributed by atoms with Gasteiger partial charge < -0.3 is 24.5 Å². The van der Waals surface area contributed by atoms with Crippen molar-refractivity contribution in [3.63, 3.8) is 0 Å². The van der Waals surface area contributed by atoms with Crippen LogP contribution >= 0.6 is 0 Å². The van der Waals surface area contributed by atoms with Crippen molar-refractivity contribution in [2.24, 2.45) is 11.8 Å². The highest BCUT2D eigenvalue weighted by Crippen LogP contribution is 2.59. The fraction of sp³-hybridized carbons (Fsp3) is 0.581. The number of carbonyl (C=O) groups is 3. The van der Waals surface area contributed by atoms with Gasteiger partial charge in [-0.25, -0.2) is 0 Å². The molecule has 4 rings (SSSR count). The quantitative estimate of drug-likeness (QED) is 0.413. The van der Waals surface area contributed by atoms with Crippen LogP contribution in [0.4, 0.5) is 5.69 Å². The molecule has 1 aromatic rings. The minimum absolute atomic E-state index is 0.121. The van der Waals surface area contributed by atoms with Gasteiger partial charge in [-0.1, -0.05) is 38.1 Å². The van der Waals surface area contributed by atoms with Crippen LogP contribution in [0.3, 0.4) is 0 Å². The normalized spacial score (nSPS) is 27.8. The van der Waals surface area contributed by atoms with Crippen molar-refractivity contribution in [1.29, 1.82) is 0 Å². The maximum absolute atomic E-state index is 14.6. The summed E-state index contributed by atoms with van der Waals surface area (Å²) in [6.07, 6.45) is 5.32. The van der Waals surface area contributed by atoms with Crippen molar-refractivity contribution in [3.05, 3.63) is 54.6 Å². The maximum Gasteiger partial charge on any atom is 0.253 e. The van der Waals surface area contributed by atoms with Gasteiger partial charge in [0.15, 0.2) is 0 Å². The first-order valence-corrected chi connectivity index (χ1v) is 14.2. The Morgan fingerprint density at radius 1 is 1.21 bits per heavy atom. The molecule has 0 aromatic heterocycles. The number of aliphatic hydroxyl groups is 1. The average Bonchev–Trinajstić information content (AvgIpc) is 3.56. The lowest BCUT2D eigenvalue weighted by atomic mass is 9.70. The van der Waals surface area contributed by atoms with E-state index < -0.39 is 35.6 Å². The molecule has 8 nitrogen and oxygen atoms in total. The van der Waals surface area contributed by atoms with E-state index in [-0.39, 0.29) is 30.9 Å². The molecule has 0 saturated carbocycles. The van der Waals surface area contributed by atoms with Crippen LogP contribution in [0.2, 0.25) is 0 Å². The molecule has 6 atom stereocenters. The summed E-state index contributed by atoms with van der Waals surface area (Å²) in [6.45, 7) is 16.4. The zero-order valence-electron chi connectivity index (χ0n) is 23.8. The Bertz CT molecular complexity index is 1130. The summed E-state index contributed by atoms with van der Waals surface area (Å²) < 4.78 is 6.62. The third-order valence-corrected chi connectivity index (χ3v) is 8.72. The number of fused-ring (bicyclic) bond motifs is 1. The number of ether oxygens (including phenoxy) is 1. The van der Waals surface area contributed by atoms with Gasteiger partial charge in [0, 0.05) is 25.3 Å². The molecule has 3 heterocycles. The SMILES string of the molecule is C=CCN(CCC)C(=O)[C@@H]1[C@@H]2CCC3(O2)C(C(=O)N(CC=C)c2cc(C)ccc2C)N([C@@H](CC)CO)C(=O)[C@H]13. The molecule has 1 N–H and O–H groups in total. The van der Waals surface area contributed by atoms with Crippen molar-refractivity contribution in [2.45, 2.75) is 77.2 Å². The average molecular weight is 538 g/mol. The Kier molecular flexibility index (Phi) is 8.66. The van der Waals surface area contributed by atoms with Gasteiger partial charge in [0.05, 0.1) is 30.6 Å². The largest absolute Gasteiger partial charge is 0.394 e. The summed E-state index contributed by atoms with van der Waals surface area (Å²) in [6, 6.07) is 4.43. The number of hydrogen-bond donors (Lipinski definition) is 1. The number of aryl methyl sites for hydroxylation is 2. The molecule has 0 aliphatic carbocycles. The summed E-state index contributed by atoms with van der Waals surface area (Å²) in [7, 11) is 0. The Morgan fingerprint density at radius 3 is 2.54 bits per heavy atom. The molecule has 1 aromatic carbocycles. The lowest BCUT2D eigenvalue weighted by Gasteiger charge is -2.39. The highest BCUT2D eigenvalue weighted by atomic mass is 16.5. The van der Waals surface area contributed by atoms with Crippen LogP contribution in [-0.2, 0) is 19.1 Å². The third-order valence-electron chi connectivity index (χ3n) is 8.72. The van der Waals surface area contributed by atoms with Gasteiger partial charge in [0.1, 0.15) is 11.6 Å². The van der Waals surface area contributed by atoms with Gasteiger partial charge in [0.2, 0.25) is 11.8 Å². The van der Waals surface area contributed by atoms with E-state index in [1.54, 1.807) is 26.9 Å². The number of likely N-dealkylation sites (tertiary alicyclic amines) is 1. The highest BCUT2D eigenvalue weighted by Gasteiger charge is 2.75. The second-order valence-corrected chi connectivity index (χ2v) is 11.1. The van der Waals surface area contributed by atoms with E-state index in [0.717, 1.165) is 23.2 Å². The number of benzene rings is 1. The fourth-order valence-electron chi connectivity index (χ4n) is 6.98. The Labute approximate surface area is 232 Å². The van der Waals surface area contributed by atoms with Crippen LogP contribution in [-0.4, -0.2) is 82.7 Å². The molecule has 1 spiro atoms. The van der Waals surface area contributed by atoms with Crippen LogP contribution in [0.5, 0.6) is 0 Å². The Hall–Kier alpha value is -2.97. The van der Waals surface area contributed by atoms with E-state index in [1.807, 2.05) is 45.9 Å². The summed E-state index contributed by atoms with van der Waals surface area (Å²) in [5.41, 5.74) is 1.57. The van der Waals surface area contributed by atoms with Crippen molar-refractivity contribution < 1.29 is 24.2 Å². The molecule has 39 heavy (non-hydrogen) atoms. The van der Waals surface area contributed by atoms with Gasteiger partial charge in [0.25, 0.3) is 5.91 Å². The van der Waals surface area contributed by atoms with Crippen molar-refractivity contribution in [2.75, 3.05) is 31.1 Å². The first kappa shape index (κ1) is 29.0. The van der Waals surface area contributed by atoms with E-state index in [2.05, 4.69) is 13.2 Å². The predicted molar refractivity (Wildman–Crippen MR) is 151 cm³/mol. The smallest absolute Gasteiger partial charge is 0.253 e. The summed E-state index contributed by atoms with van der Waals surface area (Å²) >= 11 is 0. The first-order chi connectivity index (χ1) is 18.7. The molecular formula is C31H43N3O5. The van der Waals surface area contributed by atoms with Crippen molar-refractivity contribution in [1.82, 2.24) is 9.80 Å². The molecule has 3 aliphatic heterocycles. The molecule has 0 radical (unpaired) electrons. The van der Waals surface area contributed by atoms with Crippen molar-refractivity contribution >= 4 is 23.4 Å². The molecule has 3 saturated heterocycles. The number of rotatable bonds is 12. The number of carbonyl (C=O) groups excluding carboxylic acids is 3. The predicted octanol–water partition coefficient (Wildman–Crippen LogP) is 3.39. The number of amides is 3. The van der Waals surface area contributed by atoms with Crippen LogP contribution in [0.15, 0.2) is 43.5 Å². The number of hydrogen-bond acceptors (Lipinski definition) is 5. The molecule has 3 aliphatic rings. The molecule has 3 fully saturated rings. The van der Waals surface area contributed by atoms with E-state index in [4.69, 9.17) is 4.74 Å². The van der Waals surface area contributed by atoms with E-state index in [0.29, 0.717) is 32.4 Å². The molecule has 3 amide bonds. The van der Waals surface area contributed by atoms with E-state index >= 15 is 0 Å². The lowest BCUT2D eigenvalue weighted by Crippen LogP contribution is -2.59. The van der Waals surface area contributed by atoms with Gasteiger partial charge in [-0.15, -0.1) is 13.2 Å². The van der Waals surface area contributed by atoms with Crippen LogP contribution in [0, 0.1) is 25.7 Å². The van der Waals surface area contributed by atoms with Gasteiger partial charge in [-0.3, -0.25) is 14.4 Å². The Morgan fingerprint density at radius 2 is 1.92 bits per heavy atom. The van der Waals surface area contributed by atoms with E-state index in [1.165, 1.54) is 0 Å². The molecule has 212 valence electrons. The molecule has 8 heteroatoms. The van der Waals surface area contributed by atoms with Gasteiger partial charge in [-0.2, -0.15) is 0 Å². The minimum Gasteiger partial charge on any atom is -0.394 e. The monoisotopic (exact) mass is 537 g/mol. The lowest BCUT2D eigenvalue weighted by molar-refractivity contribution is -0.147. The van der Waals surface area contributed by atoms with E-state index in [9.17, 15) is 19.5 Å². The number of anilines is 1. The Balaban J connectivity index is 1.82. The van der Waals surface area contributed by atoms with Crippen molar-refractivity contribution in [3.8, 4) is 0 Å². The summed E-state index contributed by atoms with van der Waals surface area (Å²) in [5.74, 6) is -2.10. The minimum atomic E-state index is -1.12. The van der Waals surface area contributed by atoms with Crippen LogP contribution in [0.1, 0.15) is 50.7 Å². The zero-order chi connectivity index (χ0) is 28.5. The van der Waals surface area contributed by atoms with Gasteiger partial charge >= 0.3 is 0 Å². The summed E-state index contributed by atoms with van der Waals surface area (Å²) in [5, 5.41) is 10.3. The maximum atomic E-state index is 14.6. The topological polar surface area (TPSA) is 90.4 Å². The standard InChI is InChI=1S/C31H43N3O5/c1-7-15-32(16-8-2)28(36)25-24-13-14-31(39-24)26(25)29(37)34(22(10-4)19-35)27(31)30(38)33(17-9-3)23-18-20(5)11-12-21(23)6/h7,9,11-12,18,22,24-27,35H,1,3,8,10,13-17,19H2,2,4-6H3/t22-,24-,25+,26-,27?,31?/m0/s1. The number of aliphatic hydroxyl groups excluding tert-OH is 1. The molecular weight excluding hydrogens is 494 g/mol.